The molecule has 0 aromatic rings. The van der Waals surface area contributed by atoms with Gasteiger partial charge in [0.15, 0.2) is 6.61 Å². The van der Waals surface area contributed by atoms with E-state index in [0.29, 0.717) is 12.0 Å². The molecule has 0 spiro atoms. The number of ether oxygens (including phenoxy) is 1. The highest BCUT2D eigenvalue weighted by Gasteiger charge is 2.09. The van der Waals surface area contributed by atoms with Crippen LogP contribution < -0.4 is 5.32 Å². The molecular weight excluding hydrogens is 254 g/mol. The Morgan fingerprint density at radius 2 is 2.00 bits per heavy atom. The molecule has 0 unspecified atom stereocenters. The summed E-state index contributed by atoms with van der Waals surface area (Å²) in [4.78, 5) is 11.0. The Kier molecular flexibility index (Phi) is 9.28. The molecule has 0 saturated heterocycles. The SMILES string of the molecule is C#CCOC(=O)NCCSSCCC(C)(C)C. The number of carbonyl (C=O) groups is 1. The van der Waals surface area contributed by atoms with Crippen molar-refractivity contribution in [3.8, 4) is 12.3 Å². The maximum absolute atomic E-state index is 11.0. The number of carbonyl (C=O) groups excluding carboxylic acids is 1. The van der Waals surface area contributed by atoms with Gasteiger partial charge in [0.05, 0.1) is 0 Å². The minimum absolute atomic E-state index is 0.0271. The van der Waals surface area contributed by atoms with Gasteiger partial charge in [-0.2, -0.15) is 0 Å². The molecule has 0 bridgehead atoms. The lowest BCUT2D eigenvalue weighted by atomic mass is 9.94. The van der Waals surface area contributed by atoms with E-state index in [1.54, 1.807) is 10.8 Å². The molecular formula is C12H21NO2S2. The topological polar surface area (TPSA) is 38.3 Å². The van der Waals surface area contributed by atoms with Crippen molar-refractivity contribution in [2.45, 2.75) is 27.2 Å². The fraction of sp³-hybridized carbons (Fsp3) is 0.750. The predicted octanol–water partition coefficient (Wildman–Crippen LogP) is 3.16. The molecule has 98 valence electrons. The van der Waals surface area contributed by atoms with Crippen molar-refractivity contribution in [3.05, 3.63) is 0 Å². The smallest absolute Gasteiger partial charge is 0.408 e. The molecule has 0 aliphatic heterocycles. The Hall–Kier alpha value is -0.470. The lowest BCUT2D eigenvalue weighted by molar-refractivity contribution is 0.161. The first-order chi connectivity index (χ1) is 7.95. The summed E-state index contributed by atoms with van der Waals surface area (Å²) in [6.45, 7) is 7.35. The van der Waals surface area contributed by atoms with Crippen molar-refractivity contribution < 1.29 is 9.53 Å². The summed E-state index contributed by atoms with van der Waals surface area (Å²) in [7, 11) is 3.61. The zero-order valence-electron chi connectivity index (χ0n) is 10.7. The van der Waals surface area contributed by atoms with Gasteiger partial charge in [0, 0.05) is 18.1 Å². The van der Waals surface area contributed by atoms with Gasteiger partial charge in [-0.05, 0) is 11.8 Å². The summed E-state index contributed by atoms with van der Waals surface area (Å²) in [5, 5.41) is 2.63. The first kappa shape index (κ1) is 16.5. The molecule has 0 aromatic heterocycles. The third-order valence-electron chi connectivity index (χ3n) is 1.76. The Bertz CT molecular complexity index is 256. The highest BCUT2D eigenvalue weighted by Crippen LogP contribution is 2.27. The van der Waals surface area contributed by atoms with Crippen LogP contribution in [0.4, 0.5) is 4.79 Å². The molecule has 0 rings (SSSR count). The summed E-state index contributed by atoms with van der Waals surface area (Å²) < 4.78 is 4.66. The third-order valence-corrected chi connectivity index (χ3v) is 4.17. The summed E-state index contributed by atoms with van der Waals surface area (Å²) in [5.41, 5.74) is 0.394. The normalized spacial score (nSPS) is 10.7. The first-order valence-electron chi connectivity index (χ1n) is 5.54. The highest BCUT2D eigenvalue weighted by molar-refractivity contribution is 8.76. The van der Waals surface area contributed by atoms with Gasteiger partial charge in [0.25, 0.3) is 0 Å². The summed E-state index contributed by atoms with van der Waals surface area (Å²) in [6.07, 6.45) is 5.71. The molecule has 0 atom stereocenters. The van der Waals surface area contributed by atoms with E-state index in [0.717, 1.165) is 11.5 Å². The van der Waals surface area contributed by atoms with Crippen molar-refractivity contribution >= 4 is 27.7 Å². The van der Waals surface area contributed by atoms with Crippen LogP contribution in [0.25, 0.3) is 0 Å². The minimum atomic E-state index is -0.441. The van der Waals surface area contributed by atoms with Gasteiger partial charge in [-0.25, -0.2) is 4.79 Å². The maximum Gasteiger partial charge on any atom is 0.408 e. The van der Waals surface area contributed by atoms with E-state index in [-0.39, 0.29) is 6.61 Å². The fourth-order valence-corrected chi connectivity index (χ4v) is 3.14. The quantitative estimate of drug-likeness (QED) is 0.440. The molecule has 0 aliphatic rings. The van der Waals surface area contributed by atoms with Crippen LogP contribution in [-0.4, -0.2) is 30.8 Å². The number of nitrogens with one attached hydrogen (secondary N) is 1. The average molecular weight is 275 g/mol. The van der Waals surface area contributed by atoms with Gasteiger partial charge >= 0.3 is 6.09 Å². The number of terminal acetylenes is 1. The zero-order valence-corrected chi connectivity index (χ0v) is 12.4. The van der Waals surface area contributed by atoms with E-state index in [1.165, 1.54) is 6.42 Å². The van der Waals surface area contributed by atoms with E-state index in [4.69, 9.17) is 6.42 Å². The second-order valence-corrected chi connectivity index (χ2v) is 7.36. The van der Waals surface area contributed by atoms with Gasteiger partial charge in [0.1, 0.15) is 0 Å². The van der Waals surface area contributed by atoms with Crippen molar-refractivity contribution in [3.63, 3.8) is 0 Å². The van der Waals surface area contributed by atoms with E-state index < -0.39 is 6.09 Å². The summed E-state index contributed by atoms with van der Waals surface area (Å²) >= 11 is 0. The van der Waals surface area contributed by atoms with Gasteiger partial charge in [0.2, 0.25) is 0 Å². The van der Waals surface area contributed by atoms with Crippen LogP contribution in [0, 0.1) is 17.8 Å². The summed E-state index contributed by atoms with van der Waals surface area (Å²) in [6, 6.07) is 0. The summed E-state index contributed by atoms with van der Waals surface area (Å²) in [5.74, 6) is 4.25. The van der Waals surface area contributed by atoms with Crippen molar-refractivity contribution in [2.24, 2.45) is 5.41 Å². The molecule has 0 heterocycles. The maximum atomic E-state index is 11.0. The first-order valence-corrected chi connectivity index (χ1v) is 8.03. The van der Waals surface area contributed by atoms with Crippen LogP contribution >= 0.6 is 21.6 Å². The molecule has 5 heteroatoms. The molecule has 0 aliphatic carbocycles. The molecule has 3 nitrogen and oxygen atoms in total. The van der Waals surface area contributed by atoms with Crippen LogP contribution in [0.5, 0.6) is 0 Å². The van der Waals surface area contributed by atoms with Gasteiger partial charge in [-0.3, -0.25) is 0 Å². The van der Waals surface area contributed by atoms with Gasteiger partial charge in [-0.15, -0.1) is 6.42 Å². The Morgan fingerprint density at radius 1 is 1.35 bits per heavy atom. The predicted molar refractivity (Wildman–Crippen MR) is 77.2 cm³/mol. The molecule has 0 fully saturated rings. The van der Waals surface area contributed by atoms with Crippen molar-refractivity contribution in [1.82, 2.24) is 5.32 Å². The van der Waals surface area contributed by atoms with E-state index in [9.17, 15) is 4.79 Å². The second kappa shape index (κ2) is 9.55. The number of hydrogen-bond donors (Lipinski definition) is 1. The zero-order chi connectivity index (χ0) is 13.1. The number of hydrogen-bond acceptors (Lipinski definition) is 4. The fourth-order valence-electron chi connectivity index (χ4n) is 0.819. The molecule has 0 saturated carbocycles. The largest absolute Gasteiger partial charge is 0.436 e. The van der Waals surface area contributed by atoms with Crippen molar-refractivity contribution in [1.29, 1.82) is 0 Å². The third kappa shape index (κ3) is 13.5. The Labute approximate surface area is 112 Å². The molecule has 0 radical (unpaired) electrons. The molecule has 1 amide bonds. The van der Waals surface area contributed by atoms with Gasteiger partial charge in [-0.1, -0.05) is 48.3 Å². The number of amides is 1. The minimum Gasteiger partial charge on any atom is -0.436 e. The van der Waals surface area contributed by atoms with Crippen LogP contribution in [0.1, 0.15) is 27.2 Å². The number of alkyl carbamates (subject to hydrolysis) is 1. The van der Waals surface area contributed by atoms with E-state index >= 15 is 0 Å². The Morgan fingerprint density at radius 3 is 2.59 bits per heavy atom. The Balaban J connectivity index is 3.24. The average Bonchev–Trinajstić information content (AvgIpc) is 2.23. The molecule has 0 aromatic carbocycles. The second-order valence-electron chi connectivity index (χ2n) is 4.66. The van der Waals surface area contributed by atoms with Gasteiger partial charge < -0.3 is 10.1 Å². The van der Waals surface area contributed by atoms with Crippen LogP contribution in [0.3, 0.4) is 0 Å². The monoisotopic (exact) mass is 275 g/mol. The molecule has 1 N–H and O–H groups in total. The molecule has 17 heavy (non-hydrogen) atoms. The van der Waals surface area contributed by atoms with Crippen LogP contribution in [0.2, 0.25) is 0 Å². The lowest BCUT2D eigenvalue weighted by Gasteiger charge is -2.16. The van der Waals surface area contributed by atoms with E-state index in [2.05, 4.69) is 36.7 Å². The number of rotatable bonds is 7. The van der Waals surface area contributed by atoms with E-state index in [1.807, 2.05) is 10.8 Å². The van der Waals surface area contributed by atoms with Crippen LogP contribution in [0.15, 0.2) is 0 Å². The van der Waals surface area contributed by atoms with Crippen LogP contribution in [-0.2, 0) is 4.74 Å². The van der Waals surface area contributed by atoms with Crippen molar-refractivity contribution in [2.75, 3.05) is 24.7 Å². The lowest BCUT2D eigenvalue weighted by Crippen LogP contribution is -2.26. The standard InChI is InChI=1S/C12H21NO2S2/c1-5-8-15-11(14)13-7-10-17-16-9-6-12(2,3)4/h1H,6-10H2,2-4H3,(H,13,14). The highest BCUT2D eigenvalue weighted by atomic mass is 33.1.